The van der Waals surface area contributed by atoms with Crippen LogP contribution in [0.5, 0.6) is 0 Å². The summed E-state index contributed by atoms with van der Waals surface area (Å²) in [5, 5.41) is 1.79. The fourth-order valence-electron chi connectivity index (χ4n) is 1.40. The highest BCUT2D eigenvalue weighted by atomic mass is 79.9. The first-order chi connectivity index (χ1) is 7.59. The Labute approximate surface area is 105 Å². The van der Waals surface area contributed by atoms with Crippen LogP contribution in [0.3, 0.4) is 0 Å². The van der Waals surface area contributed by atoms with Crippen molar-refractivity contribution >= 4 is 33.0 Å². The molecule has 1 heterocycles. The van der Waals surface area contributed by atoms with Crippen molar-refractivity contribution in [3.63, 3.8) is 0 Å². The van der Waals surface area contributed by atoms with Crippen molar-refractivity contribution in [2.75, 3.05) is 0 Å². The molecule has 0 saturated heterocycles. The van der Waals surface area contributed by atoms with Gasteiger partial charge in [-0.05, 0) is 41.1 Å². The van der Waals surface area contributed by atoms with Gasteiger partial charge in [0.2, 0.25) is 0 Å². The Morgan fingerprint density at radius 1 is 1.44 bits per heavy atom. The lowest BCUT2D eigenvalue weighted by Gasteiger charge is -2.02. The van der Waals surface area contributed by atoms with Crippen LogP contribution >= 0.6 is 27.3 Å². The molecular weight excluding hydrogens is 291 g/mol. The number of carbonyl (C=O) groups excluding carboxylic acids is 1. The molecule has 0 fully saturated rings. The fraction of sp³-hybridized carbons (Fsp3) is 0.0833. The van der Waals surface area contributed by atoms with Crippen molar-refractivity contribution in [2.45, 2.75) is 6.92 Å². The summed E-state index contributed by atoms with van der Waals surface area (Å²) in [6.45, 7) is 1.93. The van der Waals surface area contributed by atoms with Crippen LogP contribution in [-0.2, 0) is 0 Å². The normalized spacial score (nSPS) is 10.4. The quantitative estimate of drug-likeness (QED) is 0.760. The van der Waals surface area contributed by atoms with Gasteiger partial charge in [0.15, 0.2) is 5.78 Å². The third-order valence-corrected chi connectivity index (χ3v) is 3.86. The standard InChI is InChI=1S/C12H8BrFOS/c1-7-5-8(6-16-7)12(15)9-3-2-4-10(14)11(9)13/h2-6H,1H3. The van der Waals surface area contributed by atoms with Crippen LogP contribution in [0, 0.1) is 12.7 Å². The maximum atomic E-state index is 13.3. The molecule has 1 nitrogen and oxygen atoms in total. The molecule has 4 heteroatoms. The number of ketones is 1. The zero-order valence-electron chi connectivity index (χ0n) is 8.46. The molecule has 1 aromatic carbocycles. The van der Waals surface area contributed by atoms with Gasteiger partial charge < -0.3 is 0 Å². The van der Waals surface area contributed by atoms with Gasteiger partial charge in [-0.15, -0.1) is 11.3 Å². The second-order valence-corrected chi connectivity index (χ2v) is 5.28. The van der Waals surface area contributed by atoms with Crippen LogP contribution in [-0.4, -0.2) is 5.78 Å². The van der Waals surface area contributed by atoms with Gasteiger partial charge in [0.05, 0.1) is 4.47 Å². The first-order valence-corrected chi connectivity index (χ1v) is 6.30. The highest BCUT2D eigenvalue weighted by Gasteiger charge is 2.15. The maximum Gasteiger partial charge on any atom is 0.195 e. The highest BCUT2D eigenvalue weighted by molar-refractivity contribution is 9.10. The molecule has 0 saturated carbocycles. The van der Waals surface area contributed by atoms with E-state index in [2.05, 4.69) is 15.9 Å². The van der Waals surface area contributed by atoms with E-state index in [1.54, 1.807) is 11.4 Å². The van der Waals surface area contributed by atoms with Crippen molar-refractivity contribution in [1.82, 2.24) is 0 Å². The van der Waals surface area contributed by atoms with Gasteiger partial charge in [0, 0.05) is 21.4 Å². The number of hydrogen-bond donors (Lipinski definition) is 0. The molecule has 0 aliphatic heterocycles. The van der Waals surface area contributed by atoms with Gasteiger partial charge in [-0.2, -0.15) is 0 Å². The van der Waals surface area contributed by atoms with Gasteiger partial charge in [0.25, 0.3) is 0 Å². The van der Waals surface area contributed by atoms with E-state index >= 15 is 0 Å². The minimum atomic E-state index is -0.419. The van der Waals surface area contributed by atoms with Crippen molar-refractivity contribution in [1.29, 1.82) is 0 Å². The van der Waals surface area contributed by atoms with Crippen LogP contribution in [0.4, 0.5) is 4.39 Å². The van der Waals surface area contributed by atoms with Gasteiger partial charge >= 0.3 is 0 Å². The molecule has 0 bridgehead atoms. The lowest BCUT2D eigenvalue weighted by molar-refractivity contribution is 0.103. The summed E-state index contributed by atoms with van der Waals surface area (Å²) in [6, 6.07) is 6.28. The lowest BCUT2D eigenvalue weighted by Crippen LogP contribution is -2.01. The Hall–Kier alpha value is -1.000. The molecule has 2 rings (SSSR count). The van der Waals surface area contributed by atoms with E-state index in [1.165, 1.54) is 23.5 Å². The van der Waals surface area contributed by atoms with E-state index in [1.807, 2.05) is 13.0 Å². The molecule has 0 unspecified atom stereocenters. The Balaban J connectivity index is 2.45. The minimum Gasteiger partial charge on any atom is -0.289 e. The number of rotatable bonds is 2. The second-order valence-electron chi connectivity index (χ2n) is 3.38. The number of carbonyl (C=O) groups is 1. The SMILES string of the molecule is Cc1cc(C(=O)c2cccc(F)c2Br)cs1. The molecule has 16 heavy (non-hydrogen) atoms. The van der Waals surface area contributed by atoms with E-state index < -0.39 is 5.82 Å². The Morgan fingerprint density at radius 3 is 2.81 bits per heavy atom. The molecule has 0 spiro atoms. The topological polar surface area (TPSA) is 17.1 Å². The lowest BCUT2D eigenvalue weighted by atomic mass is 10.1. The van der Waals surface area contributed by atoms with E-state index in [4.69, 9.17) is 0 Å². The fourth-order valence-corrected chi connectivity index (χ4v) is 2.52. The molecule has 0 N–H and O–H groups in total. The minimum absolute atomic E-state index is 0.157. The number of benzene rings is 1. The molecule has 0 radical (unpaired) electrons. The zero-order valence-corrected chi connectivity index (χ0v) is 10.9. The number of thiophene rings is 1. The molecule has 0 amide bonds. The zero-order chi connectivity index (χ0) is 11.7. The van der Waals surface area contributed by atoms with E-state index in [9.17, 15) is 9.18 Å². The summed E-state index contributed by atoms with van der Waals surface area (Å²) in [6.07, 6.45) is 0. The van der Waals surface area contributed by atoms with E-state index in [0.717, 1.165) is 4.88 Å². The van der Waals surface area contributed by atoms with E-state index in [-0.39, 0.29) is 10.3 Å². The van der Waals surface area contributed by atoms with E-state index in [0.29, 0.717) is 11.1 Å². The van der Waals surface area contributed by atoms with Gasteiger partial charge in [-0.3, -0.25) is 4.79 Å². The monoisotopic (exact) mass is 298 g/mol. The predicted octanol–water partition coefficient (Wildman–Crippen LogP) is 4.19. The van der Waals surface area contributed by atoms with Crippen molar-refractivity contribution < 1.29 is 9.18 Å². The Kier molecular flexibility index (Phi) is 3.21. The maximum absolute atomic E-state index is 13.3. The first-order valence-electron chi connectivity index (χ1n) is 4.63. The summed E-state index contributed by atoms with van der Waals surface area (Å²) in [5.74, 6) is -0.575. The predicted molar refractivity (Wildman–Crippen MR) is 66.6 cm³/mol. The van der Waals surface area contributed by atoms with Gasteiger partial charge in [-0.25, -0.2) is 4.39 Å². The van der Waals surface area contributed by atoms with Crippen LogP contribution in [0.2, 0.25) is 0 Å². The number of aryl methyl sites for hydroxylation is 1. The smallest absolute Gasteiger partial charge is 0.195 e. The van der Waals surface area contributed by atoms with Crippen LogP contribution in [0.15, 0.2) is 34.1 Å². The first kappa shape index (κ1) is 11.5. The summed E-state index contributed by atoms with van der Waals surface area (Å²) in [4.78, 5) is 13.1. The summed E-state index contributed by atoms with van der Waals surface area (Å²) in [7, 11) is 0. The third-order valence-electron chi connectivity index (χ3n) is 2.19. The summed E-state index contributed by atoms with van der Waals surface area (Å²) in [5.41, 5.74) is 0.964. The summed E-state index contributed by atoms with van der Waals surface area (Å²) >= 11 is 4.60. The average Bonchev–Trinajstić information content (AvgIpc) is 2.68. The Morgan fingerprint density at radius 2 is 2.19 bits per heavy atom. The highest BCUT2D eigenvalue weighted by Crippen LogP contribution is 2.24. The van der Waals surface area contributed by atoms with Crippen LogP contribution < -0.4 is 0 Å². The van der Waals surface area contributed by atoms with Gasteiger partial charge in [-0.1, -0.05) is 6.07 Å². The molecule has 0 aliphatic rings. The molecular formula is C12H8BrFOS. The molecule has 0 atom stereocenters. The average molecular weight is 299 g/mol. The number of hydrogen-bond acceptors (Lipinski definition) is 2. The van der Waals surface area contributed by atoms with Gasteiger partial charge in [0.1, 0.15) is 5.82 Å². The van der Waals surface area contributed by atoms with Crippen molar-refractivity contribution in [3.8, 4) is 0 Å². The summed E-state index contributed by atoms with van der Waals surface area (Å²) < 4.78 is 13.5. The van der Waals surface area contributed by atoms with Crippen LogP contribution in [0.1, 0.15) is 20.8 Å². The third kappa shape index (κ3) is 2.08. The van der Waals surface area contributed by atoms with Crippen molar-refractivity contribution in [3.05, 3.63) is 55.9 Å². The Bertz CT molecular complexity index is 548. The molecule has 1 aromatic heterocycles. The van der Waals surface area contributed by atoms with Crippen molar-refractivity contribution in [2.24, 2.45) is 0 Å². The molecule has 82 valence electrons. The van der Waals surface area contributed by atoms with Crippen LogP contribution in [0.25, 0.3) is 0 Å². The molecule has 0 aliphatic carbocycles. The second kappa shape index (κ2) is 4.47. The number of halogens is 2. The molecule has 2 aromatic rings. The largest absolute Gasteiger partial charge is 0.289 e.